The number of hydrogen-bond acceptors (Lipinski definition) is 5. The van der Waals surface area contributed by atoms with E-state index in [4.69, 9.17) is 17.3 Å². The van der Waals surface area contributed by atoms with Crippen molar-refractivity contribution < 1.29 is 13.3 Å². The van der Waals surface area contributed by atoms with Gasteiger partial charge < -0.3 is 5.73 Å². The summed E-state index contributed by atoms with van der Waals surface area (Å²) in [5.41, 5.74) is 4.60. The number of halogens is 1. The zero-order valence-electron chi connectivity index (χ0n) is 12.0. The molecule has 0 aliphatic heterocycles. The van der Waals surface area contributed by atoms with Crippen LogP contribution in [0.2, 0.25) is 5.02 Å². The molecule has 0 unspecified atom stereocenters. The Balaban J connectivity index is 3.28. The first-order chi connectivity index (χ1) is 9.51. The molecule has 0 spiro atoms. The lowest BCUT2D eigenvalue weighted by molar-refractivity contribution is -0.387. The smallest absolute Gasteiger partial charge is 0.290 e. The molecule has 0 heterocycles. The molecule has 0 aliphatic carbocycles. The van der Waals surface area contributed by atoms with Gasteiger partial charge in [0.2, 0.25) is 10.0 Å². The lowest BCUT2D eigenvalue weighted by atomic mass is 9.94. The molecule has 0 radical (unpaired) electrons. The van der Waals surface area contributed by atoms with Crippen molar-refractivity contribution in [3.63, 3.8) is 0 Å². The van der Waals surface area contributed by atoms with E-state index < -0.39 is 26.0 Å². The van der Waals surface area contributed by atoms with Crippen molar-refractivity contribution in [1.82, 2.24) is 4.31 Å². The maximum Gasteiger partial charge on any atom is 0.290 e. The third kappa shape index (κ3) is 4.13. The first kappa shape index (κ1) is 17.8. The minimum absolute atomic E-state index is 0.102. The van der Waals surface area contributed by atoms with Crippen LogP contribution in [-0.4, -0.2) is 37.8 Å². The van der Waals surface area contributed by atoms with Crippen LogP contribution in [0.5, 0.6) is 0 Å². The topological polar surface area (TPSA) is 107 Å². The maximum atomic E-state index is 12.5. The molecule has 1 aromatic rings. The first-order valence-electron chi connectivity index (χ1n) is 6.11. The molecular formula is C12H18ClN3O4S. The molecule has 0 saturated heterocycles. The molecule has 0 amide bonds. The Morgan fingerprint density at radius 1 is 1.43 bits per heavy atom. The van der Waals surface area contributed by atoms with Crippen LogP contribution in [0, 0.1) is 15.5 Å². The van der Waals surface area contributed by atoms with Crippen molar-refractivity contribution in [2.24, 2.45) is 11.1 Å². The minimum atomic E-state index is -4.00. The van der Waals surface area contributed by atoms with Crippen molar-refractivity contribution >= 4 is 27.3 Å². The van der Waals surface area contributed by atoms with Crippen molar-refractivity contribution in [2.75, 3.05) is 20.1 Å². The second-order valence-electron chi connectivity index (χ2n) is 5.50. The molecule has 0 saturated carbocycles. The van der Waals surface area contributed by atoms with E-state index in [9.17, 15) is 18.5 Å². The van der Waals surface area contributed by atoms with E-state index in [2.05, 4.69) is 0 Å². The Labute approximate surface area is 128 Å². The third-order valence-corrected chi connectivity index (χ3v) is 5.10. The minimum Gasteiger partial charge on any atom is -0.330 e. The summed E-state index contributed by atoms with van der Waals surface area (Å²) in [5.74, 6) is 0. The van der Waals surface area contributed by atoms with Gasteiger partial charge in [0.25, 0.3) is 5.69 Å². The summed E-state index contributed by atoms with van der Waals surface area (Å²) >= 11 is 5.69. The summed E-state index contributed by atoms with van der Waals surface area (Å²) in [6.07, 6.45) is 0. The largest absolute Gasteiger partial charge is 0.330 e. The molecule has 7 nitrogen and oxygen atoms in total. The first-order valence-corrected chi connectivity index (χ1v) is 7.93. The maximum absolute atomic E-state index is 12.5. The number of rotatable bonds is 6. The molecule has 2 N–H and O–H groups in total. The molecular weight excluding hydrogens is 318 g/mol. The number of sulfonamides is 1. The molecule has 0 fully saturated rings. The lowest BCUT2D eigenvalue weighted by Gasteiger charge is -2.28. The van der Waals surface area contributed by atoms with Gasteiger partial charge in [0.05, 0.1) is 4.92 Å². The Hall–Kier alpha value is -1.22. The number of nitrogens with zero attached hydrogens (tertiary/aromatic N) is 2. The molecule has 1 rings (SSSR count). The second-order valence-corrected chi connectivity index (χ2v) is 7.95. The number of nitro benzene ring substituents is 1. The van der Waals surface area contributed by atoms with Crippen LogP contribution in [0.15, 0.2) is 23.1 Å². The quantitative estimate of drug-likeness (QED) is 0.630. The highest BCUT2D eigenvalue weighted by atomic mass is 35.5. The van der Waals surface area contributed by atoms with Crippen LogP contribution < -0.4 is 5.73 Å². The fraction of sp³-hybridized carbons (Fsp3) is 0.500. The summed E-state index contributed by atoms with van der Waals surface area (Å²) < 4.78 is 26.1. The summed E-state index contributed by atoms with van der Waals surface area (Å²) in [6.45, 7) is 4.06. The number of nitrogens with two attached hydrogens (primary N) is 1. The van der Waals surface area contributed by atoms with Gasteiger partial charge in [-0.3, -0.25) is 10.1 Å². The Morgan fingerprint density at radius 3 is 2.48 bits per heavy atom. The molecule has 0 aliphatic rings. The Bertz CT molecular complexity index is 646. The monoisotopic (exact) mass is 335 g/mol. The molecule has 0 atom stereocenters. The summed E-state index contributed by atoms with van der Waals surface area (Å²) in [7, 11) is -2.63. The fourth-order valence-corrected chi connectivity index (χ4v) is 3.43. The van der Waals surface area contributed by atoms with Crippen LogP contribution in [0.4, 0.5) is 5.69 Å². The highest BCUT2D eigenvalue weighted by Gasteiger charge is 2.32. The number of nitro groups is 1. The highest BCUT2D eigenvalue weighted by Crippen LogP contribution is 2.30. The highest BCUT2D eigenvalue weighted by molar-refractivity contribution is 7.89. The van der Waals surface area contributed by atoms with Crippen molar-refractivity contribution in [2.45, 2.75) is 18.7 Å². The van der Waals surface area contributed by atoms with Crippen LogP contribution in [0.3, 0.4) is 0 Å². The van der Waals surface area contributed by atoms with Gasteiger partial charge in [0, 0.05) is 24.7 Å². The fourth-order valence-electron chi connectivity index (χ4n) is 1.77. The van der Waals surface area contributed by atoms with Crippen molar-refractivity contribution in [3.8, 4) is 0 Å². The molecule has 0 aromatic heterocycles. The zero-order valence-corrected chi connectivity index (χ0v) is 13.6. The van der Waals surface area contributed by atoms with E-state index in [0.29, 0.717) is 0 Å². The summed E-state index contributed by atoms with van der Waals surface area (Å²) in [4.78, 5) is 9.88. The second kappa shape index (κ2) is 6.27. The SMILES string of the molecule is CN(CC(C)(C)CN)S(=O)(=O)c1ccc(Cl)cc1[N+](=O)[O-]. The average molecular weight is 336 g/mol. The Kier molecular flexibility index (Phi) is 5.32. The van der Waals surface area contributed by atoms with Crippen LogP contribution in [-0.2, 0) is 10.0 Å². The third-order valence-electron chi connectivity index (χ3n) is 3.01. The van der Waals surface area contributed by atoms with Gasteiger partial charge in [-0.15, -0.1) is 0 Å². The molecule has 21 heavy (non-hydrogen) atoms. The number of benzene rings is 1. The molecule has 0 bridgehead atoms. The number of hydrogen-bond donors (Lipinski definition) is 1. The Morgan fingerprint density at radius 2 is 2.00 bits per heavy atom. The van der Waals surface area contributed by atoms with Gasteiger partial charge in [-0.2, -0.15) is 0 Å². The lowest BCUT2D eigenvalue weighted by Crippen LogP contribution is -2.39. The predicted octanol–water partition coefficient (Wildman–Crippen LogP) is 1.85. The van der Waals surface area contributed by atoms with E-state index in [1.54, 1.807) is 0 Å². The van der Waals surface area contributed by atoms with E-state index in [-0.39, 0.29) is 23.0 Å². The van der Waals surface area contributed by atoms with Gasteiger partial charge in [-0.1, -0.05) is 25.4 Å². The van der Waals surface area contributed by atoms with Gasteiger partial charge in [0.1, 0.15) is 0 Å². The van der Waals surface area contributed by atoms with Crippen LogP contribution >= 0.6 is 11.6 Å². The van der Waals surface area contributed by atoms with Crippen LogP contribution in [0.1, 0.15) is 13.8 Å². The zero-order chi connectivity index (χ0) is 16.4. The molecule has 9 heteroatoms. The van der Waals surface area contributed by atoms with Gasteiger partial charge in [0.15, 0.2) is 4.90 Å². The predicted molar refractivity (Wildman–Crippen MR) is 80.8 cm³/mol. The van der Waals surface area contributed by atoms with E-state index in [0.717, 1.165) is 16.4 Å². The van der Waals surface area contributed by atoms with Gasteiger partial charge in [-0.05, 0) is 24.1 Å². The average Bonchev–Trinajstić information content (AvgIpc) is 2.37. The normalized spacial score (nSPS) is 12.7. The van der Waals surface area contributed by atoms with E-state index in [1.807, 2.05) is 13.8 Å². The summed E-state index contributed by atoms with van der Waals surface area (Å²) in [5, 5.41) is 11.1. The van der Waals surface area contributed by atoms with Crippen molar-refractivity contribution in [1.29, 1.82) is 0 Å². The molecule has 118 valence electrons. The van der Waals surface area contributed by atoms with Gasteiger partial charge in [-0.25, -0.2) is 12.7 Å². The van der Waals surface area contributed by atoms with Crippen LogP contribution in [0.25, 0.3) is 0 Å². The van der Waals surface area contributed by atoms with Gasteiger partial charge >= 0.3 is 0 Å². The van der Waals surface area contributed by atoms with Crippen molar-refractivity contribution in [3.05, 3.63) is 33.3 Å². The van der Waals surface area contributed by atoms with E-state index in [1.165, 1.54) is 13.1 Å². The standard InChI is InChI=1S/C12H18ClN3O4S/c1-12(2,7-14)8-15(3)21(19,20)11-5-4-9(13)6-10(11)16(17)18/h4-6H,7-8,14H2,1-3H3. The summed E-state index contributed by atoms with van der Waals surface area (Å²) in [6, 6.07) is 3.47. The molecule has 1 aromatic carbocycles. The van der Waals surface area contributed by atoms with E-state index >= 15 is 0 Å².